The molecule has 1 aliphatic carbocycles. The van der Waals surface area contributed by atoms with Gasteiger partial charge in [0.05, 0.1) is 0 Å². The van der Waals surface area contributed by atoms with Gasteiger partial charge in [0, 0.05) is 24.7 Å². The van der Waals surface area contributed by atoms with Gasteiger partial charge in [-0.3, -0.25) is 4.79 Å². The number of halogens is 1. The molecular formula is C17H23ClN2O. The Kier molecular flexibility index (Phi) is 4.23. The fraction of sp³-hybridized carbons (Fsp3) is 0.588. The molecule has 0 aromatic heterocycles. The minimum Gasteiger partial charge on any atom is -0.338 e. The van der Waals surface area contributed by atoms with E-state index in [2.05, 4.69) is 22.3 Å². The van der Waals surface area contributed by atoms with Crippen LogP contribution in [-0.2, 0) is 12.8 Å². The number of likely N-dealkylation sites (tertiary alicyclic amines) is 1. The molecule has 2 atom stereocenters. The number of fused-ring (bicyclic) bond motifs is 2. The largest absolute Gasteiger partial charge is 0.338 e. The maximum Gasteiger partial charge on any atom is 0.253 e. The van der Waals surface area contributed by atoms with Crippen molar-refractivity contribution in [3.05, 3.63) is 34.9 Å². The van der Waals surface area contributed by atoms with Crippen LogP contribution in [0.2, 0.25) is 0 Å². The van der Waals surface area contributed by atoms with Crippen molar-refractivity contribution in [2.24, 2.45) is 5.92 Å². The van der Waals surface area contributed by atoms with Crippen LogP contribution in [0.1, 0.15) is 40.7 Å². The average molecular weight is 307 g/mol. The number of piperidine rings is 1. The summed E-state index contributed by atoms with van der Waals surface area (Å²) in [6.07, 6.45) is 5.90. The normalized spacial score (nSPS) is 27.0. The maximum atomic E-state index is 12.7. The smallest absolute Gasteiger partial charge is 0.253 e. The first-order valence-corrected chi connectivity index (χ1v) is 7.96. The highest BCUT2D eigenvalue weighted by Gasteiger charge is 2.34. The number of nitrogens with zero attached hydrogens (tertiary/aromatic N) is 1. The zero-order chi connectivity index (χ0) is 13.5. The molecule has 0 radical (unpaired) electrons. The van der Waals surface area contributed by atoms with Gasteiger partial charge in [0.1, 0.15) is 0 Å². The van der Waals surface area contributed by atoms with E-state index in [0.717, 1.165) is 38.0 Å². The number of hydrogen-bond acceptors (Lipinski definition) is 2. The molecule has 2 fully saturated rings. The van der Waals surface area contributed by atoms with Crippen molar-refractivity contribution < 1.29 is 4.79 Å². The van der Waals surface area contributed by atoms with E-state index >= 15 is 0 Å². The van der Waals surface area contributed by atoms with Crippen molar-refractivity contribution >= 4 is 18.3 Å². The first-order chi connectivity index (χ1) is 9.81. The van der Waals surface area contributed by atoms with Crippen LogP contribution in [0.5, 0.6) is 0 Å². The van der Waals surface area contributed by atoms with Crippen LogP contribution in [0.4, 0.5) is 0 Å². The van der Waals surface area contributed by atoms with E-state index in [4.69, 9.17) is 0 Å². The molecular weight excluding hydrogens is 284 g/mol. The van der Waals surface area contributed by atoms with Gasteiger partial charge in [-0.15, -0.1) is 12.4 Å². The predicted octanol–water partition coefficient (Wildman–Crippen LogP) is 2.42. The number of amides is 1. The Morgan fingerprint density at radius 3 is 2.95 bits per heavy atom. The van der Waals surface area contributed by atoms with Gasteiger partial charge in [-0.1, -0.05) is 6.07 Å². The lowest BCUT2D eigenvalue weighted by Gasteiger charge is -2.35. The molecule has 1 aromatic rings. The summed E-state index contributed by atoms with van der Waals surface area (Å²) >= 11 is 0. The first kappa shape index (κ1) is 14.9. The molecule has 0 bridgehead atoms. The quantitative estimate of drug-likeness (QED) is 0.864. The summed E-state index contributed by atoms with van der Waals surface area (Å²) in [6, 6.07) is 6.99. The minimum atomic E-state index is 0. The van der Waals surface area contributed by atoms with Crippen molar-refractivity contribution in [3.8, 4) is 0 Å². The fourth-order valence-corrected chi connectivity index (χ4v) is 4.12. The molecule has 0 spiro atoms. The predicted molar refractivity (Wildman–Crippen MR) is 86.1 cm³/mol. The Labute approximate surface area is 132 Å². The lowest BCUT2D eigenvalue weighted by molar-refractivity contribution is 0.0662. The summed E-state index contributed by atoms with van der Waals surface area (Å²) in [5, 5.41) is 3.55. The Morgan fingerprint density at radius 1 is 1.19 bits per heavy atom. The SMILES string of the molecule is Cl.O=C(c1ccc2c(c1)CCC2)N1CCC2NCCC2C1. The molecule has 4 heteroatoms. The summed E-state index contributed by atoms with van der Waals surface area (Å²) < 4.78 is 0. The van der Waals surface area contributed by atoms with Gasteiger partial charge in [-0.25, -0.2) is 0 Å². The lowest BCUT2D eigenvalue weighted by Crippen LogP contribution is -2.46. The van der Waals surface area contributed by atoms with E-state index in [9.17, 15) is 4.79 Å². The Morgan fingerprint density at radius 2 is 2.05 bits per heavy atom. The molecule has 1 N–H and O–H groups in total. The van der Waals surface area contributed by atoms with Gasteiger partial charge in [0.2, 0.25) is 0 Å². The van der Waals surface area contributed by atoms with Crippen LogP contribution in [0.15, 0.2) is 18.2 Å². The standard InChI is InChI=1S/C17H22N2O.ClH/c20-17(14-5-4-12-2-1-3-13(12)10-14)19-9-7-16-15(11-19)6-8-18-16;/h4-5,10,15-16,18H,1-3,6-9,11H2;1H. The zero-order valence-corrected chi connectivity index (χ0v) is 13.1. The highest BCUT2D eigenvalue weighted by atomic mass is 35.5. The third kappa shape index (κ3) is 2.69. The van der Waals surface area contributed by atoms with Crippen LogP contribution in [0, 0.1) is 5.92 Å². The van der Waals surface area contributed by atoms with Gasteiger partial charge in [0.25, 0.3) is 5.91 Å². The average Bonchev–Trinajstić information content (AvgIpc) is 3.13. The summed E-state index contributed by atoms with van der Waals surface area (Å²) in [6.45, 7) is 2.97. The van der Waals surface area contributed by atoms with E-state index in [1.54, 1.807) is 0 Å². The van der Waals surface area contributed by atoms with Crippen molar-refractivity contribution in [2.75, 3.05) is 19.6 Å². The molecule has 0 saturated carbocycles. The van der Waals surface area contributed by atoms with Crippen molar-refractivity contribution in [3.63, 3.8) is 0 Å². The van der Waals surface area contributed by atoms with Gasteiger partial charge in [-0.05, 0) is 67.8 Å². The van der Waals surface area contributed by atoms with Gasteiger partial charge in [-0.2, -0.15) is 0 Å². The third-order valence-corrected chi connectivity index (χ3v) is 5.29. The van der Waals surface area contributed by atoms with Gasteiger partial charge in [0.15, 0.2) is 0 Å². The van der Waals surface area contributed by atoms with E-state index in [0.29, 0.717) is 12.0 Å². The Bertz CT molecular complexity index is 546. The number of aryl methyl sites for hydroxylation is 2. The monoisotopic (exact) mass is 306 g/mol. The van der Waals surface area contributed by atoms with E-state index in [-0.39, 0.29) is 18.3 Å². The molecule has 21 heavy (non-hydrogen) atoms. The van der Waals surface area contributed by atoms with Crippen LogP contribution in [0.3, 0.4) is 0 Å². The Hall–Kier alpha value is -1.06. The topological polar surface area (TPSA) is 32.3 Å². The lowest BCUT2D eigenvalue weighted by atomic mass is 9.93. The minimum absolute atomic E-state index is 0. The molecule has 3 nitrogen and oxygen atoms in total. The molecule has 114 valence electrons. The Balaban J connectivity index is 0.00000132. The highest BCUT2D eigenvalue weighted by Crippen LogP contribution is 2.27. The van der Waals surface area contributed by atoms with Gasteiger partial charge < -0.3 is 10.2 Å². The first-order valence-electron chi connectivity index (χ1n) is 7.96. The summed E-state index contributed by atoms with van der Waals surface area (Å²) in [4.78, 5) is 14.8. The molecule has 1 aromatic carbocycles. The fourth-order valence-electron chi connectivity index (χ4n) is 4.12. The summed E-state index contributed by atoms with van der Waals surface area (Å²) in [5.41, 5.74) is 3.74. The van der Waals surface area contributed by atoms with Crippen LogP contribution in [0.25, 0.3) is 0 Å². The summed E-state index contributed by atoms with van der Waals surface area (Å²) in [7, 11) is 0. The zero-order valence-electron chi connectivity index (χ0n) is 12.3. The van der Waals surface area contributed by atoms with Crippen molar-refractivity contribution in [1.82, 2.24) is 10.2 Å². The van der Waals surface area contributed by atoms with E-state index in [1.807, 2.05) is 6.07 Å². The number of nitrogens with one attached hydrogen (secondary N) is 1. The highest BCUT2D eigenvalue weighted by molar-refractivity contribution is 5.94. The van der Waals surface area contributed by atoms with Crippen LogP contribution >= 0.6 is 12.4 Å². The van der Waals surface area contributed by atoms with E-state index < -0.39 is 0 Å². The third-order valence-electron chi connectivity index (χ3n) is 5.29. The molecule has 1 amide bonds. The number of hydrogen-bond donors (Lipinski definition) is 1. The number of carbonyl (C=O) groups excluding carboxylic acids is 1. The van der Waals surface area contributed by atoms with Crippen LogP contribution in [-0.4, -0.2) is 36.5 Å². The van der Waals surface area contributed by atoms with Crippen molar-refractivity contribution in [2.45, 2.75) is 38.1 Å². The summed E-state index contributed by atoms with van der Waals surface area (Å²) in [5.74, 6) is 0.909. The molecule has 2 heterocycles. The second-order valence-electron chi connectivity index (χ2n) is 6.49. The van der Waals surface area contributed by atoms with Crippen molar-refractivity contribution in [1.29, 1.82) is 0 Å². The van der Waals surface area contributed by atoms with E-state index in [1.165, 1.54) is 30.4 Å². The number of carbonyl (C=O) groups is 1. The molecule has 3 aliphatic rings. The second kappa shape index (κ2) is 5.98. The molecule has 2 unspecified atom stereocenters. The van der Waals surface area contributed by atoms with Gasteiger partial charge >= 0.3 is 0 Å². The maximum absolute atomic E-state index is 12.7. The molecule has 4 rings (SSSR count). The van der Waals surface area contributed by atoms with Crippen LogP contribution < -0.4 is 5.32 Å². The number of rotatable bonds is 1. The second-order valence-corrected chi connectivity index (χ2v) is 6.49. The molecule has 2 saturated heterocycles. The number of benzene rings is 1. The molecule has 2 aliphatic heterocycles.